The lowest BCUT2D eigenvalue weighted by Gasteiger charge is -2.33. The number of aliphatic hydroxyl groups is 1. The average Bonchev–Trinajstić information content (AvgIpc) is 2.94. The first-order valence-electron chi connectivity index (χ1n) is 19.4. The van der Waals surface area contributed by atoms with Crippen LogP contribution in [-0.2, 0) is 9.59 Å². The molecule has 0 saturated carbocycles. The van der Waals surface area contributed by atoms with Crippen LogP contribution in [0.2, 0.25) is 0 Å². The number of carboxylic acids is 1. The summed E-state index contributed by atoms with van der Waals surface area (Å²) in [5.41, 5.74) is -1.77. The Morgan fingerprint density at radius 3 is 0.955 bits per heavy atom. The SMILES string of the molecule is CCCCCCCCCCCCCCCCCCCCCCCCCCCCCCCC(=O)C(O)(CC(=O)O)C[N+](C)(C)C. The molecule has 44 heavy (non-hydrogen) atoms. The van der Waals surface area contributed by atoms with E-state index in [9.17, 15) is 14.7 Å². The Labute approximate surface area is 274 Å². The molecule has 0 bridgehead atoms. The van der Waals surface area contributed by atoms with Crippen molar-refractivity contribution in [3.63, 3.8) is 0 Å². The van der Waals surface area contributed by atoms with Crippen LogP contribution in [0.4, 0.5) is 0 Å². The van der Waals surface area contributed by atoms with E-state index < -0.39 is 18.0 Å². The van der Waals surface area contributed by atoms with Gasteiger partial charge in [-0.25, -0.2) is 0 Å². The van der Waals surface area contributed by atoms with E-state index in [4.69, 9.17) is 5.11 Å². The molecule has 5 nitrogen and oxygen atoms in total. The van der Waals surface area contributed by atoms with E-state index in [0.717, 1.165) is 19.3 Å². The lowest BCUT2D eigenvalue weighted by Crippen LogP contribution is -2.54. The molecule has 0 fully saturated rings. The maximum atomic E-state index is 12.6. The number of hydrogen-bond acceptors (Lipinski definition) is 3. The highest BCUT2D eigenvalue weighted by Gasteiger charge is 2.42. The topological polar surface area (TPSA) is 74.6 Å². The Morgan fingerprint density at radius 1 is 0.477 bits per heavy atom. The van der Waals surface area contributed by atoms with Gasteiger partial charge in [0.2, 0.25) is 0 Å². The van der Waals surface area contributed by atoms with Crippen LogP contribution in [0.1, 0.15) is 206 Å². The summed E-state index contributed by atoms with van der Waals surface area (Å²) in [4.78, 5) is 23.8. The van der Waals surface area contributed by atoms with Crippen molar-refractivity contribution < 1.29 is 24.3 Å². The van der Waals surface area contributed by atoms with Crippen LogP contribution in [0, 0.1) is 0 Å². The number of carbonyl (C=O) groups excluding carboxylic acids is 1. The van der Waals surface area contributed by atoms with Crippen molar-refractivity contribution in [2.45, 2.75) is 212 Å². The first-order chi connectivity index (χ1) is 21.1. The van der Waals surface area contributed by atoms with Crippen molar-refractivity contribution in [2.75, 3.05) is 27.7 Å². The van der Waals surface area contributed by atoms with Crippen molar-refractivity contribution in [1.29, 1.82) is 0 Å². The first kappa shape index (κ1) is 43.1. The van der Waals surface area contributed by atoms with Crippen LogP contribution in [0.15, 0.2) is 0 Å². The third-order valence-electron chi connectivity index (χ3n) is 9.21. The van der Waals surface area contributed by atoms with Gasteiger partial charge in [-0.2, -0.15) is 0 Å². The number of aliphatic carboxylic acids is 1. The van der Waals surface area contributed by atoms with Gasteiger partial charge in [0.15, 0.2) is 11.4 Å². The molecule has 1 unspecified atom stereocenters. The van der Waals surface area contributed by atoms with Gasteiger partial charge in [0, 0.05) is 6.42 Å². The maximum Gasteiger partial charge on any atom is 0.306 e. The van der Waals surface area contributed by atoms with Gasteiger partial charge in [0.25, 0.3) is 0 Å². The van der Waals surface area contributed by atoms with Gasteiger partial charge in [-0.3, -0.25) is 9.59 Å². The molecule has 0 aliphatic rings. The smallest absolute Gasteiger partial charge is 0.306 e. The average molecular weight is 625 g/mol. The highest BCUT2D eigenvalue weighted by Crippen LogP contribution is 2.21. The third kappa shape index (κ3) is 29.8. The summed E-state index contributed by atoms with van der Waals surface area (Å²) < 4.78 is 0.356. The predicted molar refractivity (Wildman–Crippen MR) is 189 cm³/mol. The molecule has 0 radical (unpaired) electrons. The summed E-state index contributed by atoms with van der Waals surface area (Å²) in [6.45, 7) is 2.42. The van der Waals surface area contributed by atoms with Gasteiger partial charge in [-0.15, -0.1) is 0 Å². The standard InChI is InChI=1S/C39H77NO4/c1-5-6-7-8-9-10-11-12-13-14-15-16-17-18-19-20-21-22-23-24-25-26-27-28-29-30-31-32-33-34-37(41)39(44,35-38(42)43)36-40(2,3)4/h44H,5-36H2,1-4H3/p+1. The normalized spacial score (nSPS) is 13.3. The minimum Gasteiger partial charge on any atom is -0.481 e. The molecule has 0 spiro atoms. The molecule has 0 aromatic rings. The van der Waals surface area contributed by atoms with Crippen molar-refractivity contribution in [3.05, 3.63) is 0 Å². The van der Waals surface area contributed by atoms with Gasteiger partial charge in [-0.1, -0.05) is 187 Å². The molecule has 2 N–H and O–H groups in total. The van der Waals surface area contributed by atoms with Crippen molar-refractivity contribution in [3.8, 4) is 0 Å². The van der Waals surface area contributed by atoms with E-state index in [2.05, 4.69) is 6.92 Å². The minimum atomic E-state index is -1.77. The number of nitrogens with zero attached hydrogens (tertiary/aromatic N) is 1. The monoisotopic (exact) mass is 625 g/mol. The Kier molecular flexibility index (Phi) is 28.8. The zero-order valence-electron chi connectivity index (χ0n) is 30.3. The number of hydrogen-bond donors (Lipinski definition) is 2. The number of carbonyl (C=O) groups is 2. The number of quaternary nitrogens is 1. The largest absolute Gasteiger partial charge is 0.481 e. The maximum absolute atomic E-state index is 12.6. The van der Waals surface area contributed by atoms with E-state index >= 15 is 0 Å². The molecule has 0 amide bonds. The molecule has 0 aromatic heterocycles. The molecule has 0 aliphatic heterocycles. The number of likely N-dealkylation sites (N-methyl/N-ethyl adjacent to an activating group) is 1. The molecule has 0 aromatic carbocycles. The molecule has 0 aliphatic carbocycles. The highest BCUT2D eigenvalue weighted by atomic mass is 16.4. The summed E-state index contributed by atoms with van der Waals surface area (Å²) in [5.74, 6) is -1.45. The van der Waals surface area contributed by atoms with Crippen molar-refractivity contribution >= 4 is 11.8 Å². The van der Waals surface area contributed by atoms with Crippen molar-refractivity contribution in [1.82, 2.24) is 0 Å². The second-order valence-electron chi connectivity index (χ2n) is 15.1. The molecular weight excluding hydrogens is 546 g/mol. The van der Waals surface area contributed by atoms with Gasteiger partial charge in [-0.05, 0) is 6.42 Å². The summed E-state index contributed by atoms with van der Waals surface area (Å²) >= 11 is 0. The quantitative estimate of drug-likeness (QED) is 0.0543. The summed E-state index contributed by atoms with van der Waals surface area (Å²) in [7, 11) is 5.59. The van der Waals surface area contributed by atoms with Crippen LogP contribution in [0.25, 0.3) is 0 Å². The summed E-state index contributed by atoms with van der Waals surface area (Å²) in [5, 5.41) is 19.9. The lowest BCUT2D eigenvalue weighted by molar-refractivity contribution is -0.875. The predicted octanol–water partition coefficient (Wildman–Crippen LogP) is 11.2. The van der Waals surface area contributed by atoms with Crippen LogP contribution in [-0.4, -0.2) is 59.7 Å². The summed E-state index contributed by atoms with van der Waals surface area (Å²) in [6.07, 6.45) is 39.2. The third-order valence-corrected chi connectivity index (χ3v) is 9.21. The van der Waals surface area contributed by atoms with E-state index in [1.165, 1.54) is 167 Å². The Balaban J connectivity index is 3.38. The molecule has 1 atom stereocenters. The zero-order chi connectivity index (χ0) is 32.8. The Bertz CT molecular complexity index is 659. The molecule has 0 saturated heterocycles. The van der Waals surface area contributed by atoms with E-state index in [1.54, 1.807) is 0 Å². The van der Waals surface area contributed by atoms with Crippen LogP contribution in [0.3, 0.4) is 0 Å². The Morgan fingerprint density at radius 2 is 0.727 bits per heavy atom. The number of unbranched alkanes of at least 4 members (excludes halogenated alkanes) is 28. The van der Waals surface area contributed by atoms with Crippen LogP contribution < -0.4 is 0 Å². The van der Waals surface area contributed by atoms with Crippen LogP contribution >= 0.6 is 0 Å². The minimum absolute atomic E-state index is 0.123. The molecule has 0 heterocycles. The first-order valence-corrected chi connectivity index (χ1v) is 19.4. The molecule has 262 valence electrons. The van der Waals surface area contributed by atoms with E-state index in [1.807, 2.05) is 21.1 Å². The second kappa shape index (κ2) is 29.5. The van der Waals surface area contributed by atoms with Gasteiger partial charge in [0.05, 0.1) is 27.6 Å². The van der Waals surface area contributed by atoms with E-state index in [-0.39, 0.29) is 18.7 Å². The number of ketones is 1. The molecule has 0 rings (SSSR count). The zero-order valence-corrected chi connectivity index (χ0v) is 30.3. The highest BCUT2D eigenvalue weighted by molar-refractivity contribution is 5.91. The van der Waals surface area contributed by atoms with Gasteiger partial charge in [0.1, 0.15) is 6.54 Å². The molecular formula is C39H78NO4+. The van der Waals surface area contributed by atoms with Gasteiger partial charge < -0.3 is 14.7 Å². The summed E-state index contributed by atoms with van der Waals surface area (Å²) in [6, 6.07) is 0. The van der Waals surface area contributed by atoms with Gasteiger partial charge >= 0.3 is 5.97 Å². The molecule has 5 heteroatoms. The Hall–Kier alpha value is -0.940. The second-order valence-corrected chi connectivity index (χ2v) is 15.1. The fourth-order valence-corrected chi connectivity index (χ4v) is 6.64. The number of Topliss-reactive ketones (excluding diaryl/α,β-unsaturated/α-hetero) is 1. The number of rotatable bonds is 35. The fourth-order valence-electron chi connectivity index (χ4n) is 6.64. The number of carboxylic acid groups (broad SMARTS) is 1. The lowest BCUT2D eigenvalue weighted by atomic mass is 9.89. The fraction of sp³-hybridized carbons (Fsp3) is 0.949. The van der Waals surface area contributed by atoms with Crippen molar-refractivity contribution in [2.24, 2.45) is 0 Å². The van der Waals surface area contributed by atoms with E-state index in [0.29, 0.717) is 4.48 Å². The van der Waals surface area contributed by atoms with Crippen LogP contribution in [0.5, 0.6) is 0 Å².